The Bertz CT molecular complexity index is 474. The molecule has 2 aliphatic carbocycles. The molecule has 5 aliphatic rings. The van der Waals surface area contributed by atoms with E-state index in [1.165, 1.54) is 51.4 Å². The van der Waals surface area contributed by atoms with Crippen molar-refractivity contribution in [2.45, 2.75) is 101 Å². The molecule has 0 aromatic carbocycles. The first-order chi connectivity index (χ1) is 11.9. The number of ether oxygens (including phenoxy) is 1. The zero-order valence-electron chi connectivity index (χ0n) is 16.3. The van der Waals surface area contributed by atoms with E-state index in [2.05, 4.69) is 19.2 Å². The number of nitrogens with one attached hydrogen (secondary N) is 1. The molecule has 4 nitrogen and oxygen atoms in total. The number of hydrogen-bond donors (Lipinski definition) is 3. The Balaban J connectivity index is 1.40. The van der Waals surface area contributed by atoms with Gasteiger partial charge in [0.2, 0.25) is 0 Å². The summed E-state index contributed by atoms with van der Waals surface area (Å²) in [5.41, 5.74) is 12.6. The van der Waals surface area contributed by atoms with Crippen LogP contribution in [-0.2, 0) is 4.74 Å². The predicted octanol–water partition coefficient (Wildman–Crippen LogP) is 3.14. The second-order valence-electron chi connectivity index (χ2n) is 10.2. The van der Waals surface area contributed by atoms with Crippen LogP contribution in [0.3, 0.4) is 0 Å². The molecule has 0 aromatic rings. The molecule has 25 heavy (non-hydrogen) atoms. The van der Waals surface area contributed by atoms with Gasteiger partial charge in [-0.1, -0.05) is 12.8 Å². The minimum atomic E-state index is -0.0354. The van der Waals surface area contributed by atoms with Crippen molar-refractivity contribution in [3.05, 3.63) is 0 Å². The van der Waals surface area contributed by atoms with Gasteiger partial charge in [0.1, 0.15) is 0 Å². The summed E-state index contributed by atoms with van der Waals surface area (Å²) in [4.78, 5) is 0. The van der Waals surface area contributed by atoms with E-state index in [1.54, 1.807) is 0 Å². The van der Waals surface area contributed by atoms with Gasteiger partial charge in [-0.05, 0) is 89.5 Å². The molecule has 7 atom stereocenters. The fourth-order valence-electron chi connectivity index (χ4n) is 6.86. The molecule has 0 radical (unpaired) electrons. The van der Waals surface area contributed by atoms with Gasteiger partial charge >= 0.3 is 0 Å². The average molecular weight is 350 g/mol. The molecule has 0 spiro atoms. The quantitative estimate of drug-likeness (QED) is 0.732. The van der Waals surface area contributed by atoms with E-state index >= 15 is 0 Å². The summed E-state index contributed by atoms with van der Waals surface area (Å²) in [6.45, 7) is 5.67. The molecule has 0 amide bonds. The van der Waals surface area contributed by atoms with Gasteiger partial charge in [0, 0.05) is 12.0 Å². The van der Waals surface area contributed by atoms with E-state index in [1.807, 2.05) is 0 Å². The second-order valence-corrected chi connectivity index (χ2v) is 10.2. The van der Waals surface area contributed by atoms with Crippen molar-refractivity contribution >= 4 is 0 Å². The fraction of sp³-hybridized carbons (Fsp3) is 1.00. The SMILES string of the molecule is CC1(C)OC2(C3CCCC(CC4CCC(N)NC4)C3)CCC1C(N)C2. The van der Waals surface area contributed by atoms with Crippen LogP contribution in [0.15, 0.2) is 0 Å². The molecular weight excluding hydrogens is 310 g/mol. The van der Waals surface area contributed by atoms with Crippen molar-refractivity contribution in [3.63, 3.8) is 0 Å². The molecular formula is C21H39N3O. The third-order valence-corrected chi connectivity index (χ3v) is 8.08. The predicted molar refractivity (Wildman–Crippen MR) is 102 cm³/mol. The van der Waals surface area contributed by atoms with Crippen molar-refractivity contribution in [1.82, 2.24) is 5.32 Å². The molecule has 5 fully saturated rings. The summed E-state index contributed by atoms with van der Waals surface area (Å²) in [7, 11) is 0. The maximum atomic E-state index is 6.81. The Kier molecular flexibility index (Phi) is 4.94. The summed E-state index contributed by atoms with van der Waals surface area (Å²) in [5, 5.41) is 3.47. The summed E-state index contributed by atoms with van der Waals surface area (Å²) in [6.07, 6.45) is 13.1. The van der Waals surface area contributed by atoms with Crippen molar-refractivity contribution in [3.8, 4) is 0 Å². The highest BCUT2D eigenvalue weighted by Crippen LogP contribution is 2.55. The zero-order chi connectivity index (χ0) is 17.7. The molecule has 144 valence electrons. The van der Waals surface area contributed by atoms with Crippen LogP contribution in [0, 0.1) is 23.7 Å². The van der Waals surface area contributed by atoms with Crippen LogP contribution in [0.5, 0.6) is 0 Å². The number of fused-ring (bicyclic) bond motifs is 3. The van der Waals surface area contributed by atoms with Gasteiger partial charge in [-0.25, -0.2) is 0 Å². The maximum Gasteiger partial charge on any atom is 0.0733 e. The molecule has 3 aliphatic heterocycles. The molecule has 3 heterocycles. The lowest BCUT2D eigenvalue weighted by molar-refractivity contribution is -0.268. The molecule has 5 rings (SSSR count). The van der Waals surface area contributed by atoms with Crippen LogP contribution in [0.2, 0.25) is 0 Å². The maximum absolute atomic E-state index is 6.81. The molecule has 4 heteroatoms. The monoisotopic (exact) mass is 349 g/mol. The standard InChI is InChI=1S/C21H39N3O/c1-20(2)17-8-9-21(25-20,12-18(17)22)16-5-3-4-14(11-16)10-15-6-7-19(23)24-13-15/h14-19,24H,3-13,22-23H2,1-2H3. The topological polar surface area (TPSA) is 73.3 Å². The Labute approximate surface area is 153 Å². The van der Waals surface area contributed by atoms with E-state index in [9.17, 15) is 0 Å². The Morgan fingerprint density at radius 3 is 2.56 bits per heavy atom. The normalized spacial score (nSPS) is 49.9. The third kappa shape index (κ3) is 3.52. The smallest absolute Gasteiger partial charge is 0.0733 e. The second kappa shape index (κ2) is 6.78. The minimum absolute atomic E-state index is 0.0354. The van der Waals surface area contributed by atoms with Crippen LogP contribution in [-0.4, -0.2) is 30.0 Å². The van der Waals surface area contributed by atoms with Gasteiger partial charge in [0.15, 0.2) is 0 Å². The summed E-state index contributed by atoms with van der Waals surface area (Å²) in [5.74, 6) is 2.96. The fourth-order valence-corrected chi connectivity index (χ4v) is 6.86. The summed E-state index contributed by atoms with van der Waals surface area (Å²) >= 11 is 0. The summed E-state index contributed by atoms with van der Waals surface area (Å²) < 4.78 is 6.81. The summed E-state index contributed by atoms with van der Waals surface area (Å²) in [6, 6.07) is 0.335. The van der Waals surface area contributed by atoms with E-state index in [0.29, 0.717) is 12.0 Å². The Morgan fingerprint density at radius 2 is 1.88 bits per heavy atom. The van der Waals surface area contributed by atoms with Gasteiger partial charge in [-0.15, -0.1) is 0 Å². The molecule has 7 unspecified atom stereocenters. The molecule has 3 saturated heterocycles. The van der Waals surface area contributed by atoms with Crippen molar-refractivity contribution in [1.29, 1.82) is 0 Å². The molecule has 2 bridgehead atoms. The first kappa shape index (κ1) is 18.2. The molecule has 5 N–H and O–H groups in total. The van der Waals surface area contributed by atoms with Gasteiger partial charge in [-0.2, -0.15) is 0 Å². The van der Waals surface area contributed by atoms with Gasteiger partial charge in [0.25, 0.3) is 0 Å². The van der Waals surface area contributed by atoms with Gasteiger partial charge in [0.05, 0.1) is 17.4 Å². The Hall–Kier alpha value is -0.160. The van der Waals surface area contributed by atoms with Gasteiger partial charge in [-0.3, -0.25) is 0 Å². The van der Waals surface area contributed by atoms with Crippen molar-refractivity contribution in [2.75, 3.05) is 6.54 Å². The van der Waals surface area contributed by atoms with Crippen LogP contribution in [0.1, 0.15) is 78.1 Å². The lowest BCUT2D eigenvalue weighted by Gasteiger charge is -2.61. The Morgan fingerprint density at radius 1 is 1.04 bits per heavy atom. The van der Waals surface area contributed by atoms with E-state index in [4.69, 9.17) is 16.2 Å². The highest BCUT2D eigenvalue weighted by Gasteiger charge is 2.57. The zero-order valence-corrected chi connectivity index (χ0v) is 16.3. The number of rotatable bonds is 3. The van der Waals surface area contributed by atoms with Gasteiger partial charge < -0.3 is 21.5 Å². The minimum Gasteiger partial charge on any atom is -0.368 e. The first-order valence-corrected chi connectivity index (χ1v) is 10.8. The lowest BCUT2D eigenvalue weighted by Crippen LogP contribution is -2.66. The number of piperidine rings is 1. The van der Waals surface area contributed by atoms with E-state index < -0.39 is 0 Å². The van der Waals surface area contributed by atoms with E-state index in [-0.39, 0.29) is 17.4 Å². The van der Waals surface area contributed by atoms with Crippen molar-refractivity contribution < 1.29 is 4.74 Å². The van der Waals surface area contributed by atoms with Crippen LogP contribution in [0.25, 0.3) is 0 Å². The van der Waals surface area contributed by atoms with E-state index in [0.717, 1.165) is 37.1 Å². The van der Waals surface area contributed by atoms with Crippen LogP contribution < -0.4 is 16.8 Å². The van der Waals surface area contributed by atoms with Crippen LogP contribution in [0.4, 0.5) is 0 Å². The number of nitrogens with two attached hydrogens (primary N) is 2. The largest absolute Gasteiger partial charge is 0.368 e. The highest BCUT2D eigenvalue weighted by atomic mass is 16.5. The average Bonchev–Trinajstić information content (AvgIpc) is 2.56. The first-order valence-electron chi connectivity index (χ1n) is 10.8. The third-order valence-electron chi connectivity index (χ3n) is 8.08. The van der Waals surface area contributed by atoms with Crippen molar-refractivity contribution in [2.24, 2.45) is 35.1 Å². The lowest BCUT2D eigenvalue weighted by atomic mass is 9.58. The molecule has 0 aromatic heterocycles. The number of hydrogen-bond acceptors (Lipinski definition) is 4. The highest BCUT2D eigenvalue weighted by molar-refractivity contribution is 5.08. The molecule has 2 saturated carbocycles. The van der Waals surface area contributed by atoms with Crippen LogP contribution >= 0.6 is 0 Å².